The lowest BCUT2D eigenvalue weighted by molar-refractivity contribution is 0.228. The lowest BCUT2D eigenvalue weighted by Gasteiger charge is -2.03. The maximum absolute atomic E-state index is 5.34. The molecule has 3 nitrogen and oxygen atoms in total. The molecule has 2 heterocycles. The molecular formula is C5H8N2OS. The van der Waals surface area contributed by atoms with E-state index in [0.717, 1.165) is 11.5 Å². The summed E-state index contributed by atoms with van der Waals surface area (Å²) in [6.45, 7) is 0. The number of nitrogens with two attached hydrogens (primary N) is 1. The molecule has 0 bridgehead atoms. The summed E-state index contributed by atoms with van der Waals surface area (Å²) in [6, 6.07) is 0.736. The number of hydrogen-bond donors (Lipinski definition) is 1. The summed E-state index contributed by atoms with van der Waals surface area (Å²) >= 11 is 1.88. The van der Waals surface area contributed by atoms with Crippen LogP contribution in [0.15, 0.2) is 4.99 Å². The molecule has 2 N–H and O–H groups in total. The average molecular weight is 144 g/mol. The Morgan fingerprint density at radius 1 is 1.67 bits per heavy atom. The molecule has 2 unspecified atom stereocenters. The van der Waals surface area contributed by atoms with Crippen LogP contribution in [0.5, 0.6) is 0 Å². The Kier molecular flexibility index (Phi) is 1.08. The second-order valence-electron chi connectivity index (χ2n) is 2.23. The summed E-state index contributed by atoms with van der Waals surface area (Å²) in [6.07, 6.45) is 0.287. The van der Waals surface area contributed by atoms with Crippen LogP contribution in [0.4, 0.5) is 0 Å². The highest BCUT2D eigenvalue weighted by Gasteiger charge is 2.34. The molecular weight excluding hydrogens is 136 g/mol. The number of aliphatic imine (C=N–C) groups is 1. The summed E-state index contributed by atoms with van der Waals surface area (Å²) in [5, 5.41) is 0. The third kappa shape index (κ3) is 0.775. The maximum atomic E-state index is 5.34. The molecule has 0 amide bonds. The minimum atomic E-state index is 0.287. The number of ether oxygens (including phenoxy) is 1. The molecule has 2 rings (SSSR count). The van der Waals surface area contributed by atoms with Crippen LogP contribution in [0.25, 0.3) is 0 Å². The van der Waals surface area contributed by atoms with Crippen molar-refractivity contribution >= 4 is 17.8 Å². The predicted molar refractivity (Wildman–Crippen MR) is 37.6 cm³/mol. The molecule has 9 heavy (non-hydrogen) atoms. The third-order valence-electron chi connectivity index (χ3n) is 1.57. The van der Waals surface area contributed by atoms with Gasteiger partial charge >= 0.3 is 0 Å². The fraction of sp³-hybridized carbons (Fsp3) is 0.800. The molecule has 2 aliphatic rings. The van der Waals surface area contributed by atoms with Crippen molar-refractivity contribution in [1.82, 2.24) is 0 Å². The minimum Gasteiger partial charge on any atom is -0.459 e. The highest BCUT2D eigenvalue weighted by atomic mass is 32.2. The molecule has 2 aliphatic heterocycles. The van der Waals surface area contributed by atoms with Crippen molar-refractivity contribution in [3.05, 3.63) is 0 Å². The van der Waals surface area contributed by atoms with Crippen molar-refractivity contribution < 1.29 is 4.74 Å². The summed E-state index contributed by atoms with van der Waals surface area (Å²) in [5.41, 5.74) is 5.34. The van der Waals surface area contributed by atoms with E-state index < -0.39 is 0 Å². The first-order valence-corrected chi connectivity index (χ1v) is 4.09. The minimum absolute atomic E-state index is 0.287. The Hall–Kier alpha value is -0.380. The van der Waals surface area contributed by atoms with Crippen LogP contribution in [-0.4, -0.2) is 29.7 Å². The van der Waals surface area contributed by atoms with Gasteiger partial charge in [-0.15, -0.1) is 0 Å². The van der Waals surface area contributed by atoms with Gasteiger partial charge in [0.05, 0.1) is 0 Å². The molecule has 0 saturated carbocycles. The van der Waals surface area contributed by atoms with E-state index in [-0.39, 0.29) is 6.10 Å². The monoisotopic (exact) mass is 144 g/mol. The highest BCUT2D eigenvalue weighted by Crippen LogP contribution is 2.26. The van der Waals surface area contributed by atoms with E-state index in [1.165, 1.54) is 0 Å². The summed E-state index contributed by atoms with van der Waals surface area (Å²) in [5.74, 6) is 2.13. The lowest BCUT2D eigenvalue weighted by atomic mass is 10.2. The highest BCUT2D eigenvalue weighted by molar-refractivity contribution is 7.99. The van der Waals surface area contributed by atoms with E-state index in [1.807, 2.05) is 11.8 Å². The van der Waals surface area contributed by atoms with Gasteiger partial charge in [0.15, 0.2) is 0 Å². The van der Waals surface area contributed by atoms with E-state index in [4.69, 9.17) is 10.5 Å². The van der Waals surface area contributed by atoms with E-state index in [1.54, 1.807) is 0 Å². The fourth-order valence-electron chi connectivity index (χ4n) is 1.11. The molecule has 50 valence electrons. The molecule has 1 fully saturated rings. The van der Waals surface area contributed by atoms with Crippen LogP contribution in [-0.2, 0) is 4.74 Å². The van der Waals surface area contributed by atoms with Crippen molar-refractivity contribution in [2.75, 3.05) is 11.5 Å². The predicted octanol–water partition coefficient (Wildman–Crippen LogP) is -0.185. The molecule has 0 aromatic rings. The van der Waals surface area contributed by atoms with Gasteiger partial charge < -0.3 is 10.5 Å². The number of rotatable bonds is 0. The molecule has 0 aromatic heterocycles. The Labute approximate surface area is 57.7 Å². The van der Waals surface area contributed by atoms with E-state index in [9.17, 15) is 0 Å². The lowest BCUT2D eigenvalue weighted by Crippen LogP contribution is -2.21. The summed E-state index contributed by atoms with van der Waals surface area (Å²) in [7, 11) is 0. The van der Waals surface area contributed by atoms with Gasteiger partial charge in [0.1, 0.15) is 12.1 Å². The number of thioether (sulfide) groups is 1. The number of amidine groups is 1. The molecule has 4 heteroatoms. The quantitative estimate of drug-likeness (QED) is 0.513. The number of nitrogens with zero attached hydrogens (tertiary/aromatic N) is 1. The summed E-state index contributed by atoms with van der Waals surface area (Å²) < 4.78 is 5.19. The van der Waals surface area contributed by atoms with E-state index in [2.05, 4.69) is 4.99 Å². The van der Waals surface area contributed by atoms with Crippen LogP contribution >= 0.6 is 11.8 Å². The van der Waals surface area contributed by atoms with Gasteiger partial charge in [-0.05, 0) is 0 Å². The van der Waals surface area contributed by atoms with E-state index >= 15 is 0 Å². The van der Waals surface area contributed by atoms with Gasteiger partial charge in [-0.3, -0.25) is 0 Å². The molecule has 0 spiro atoms. The number of fused-ring (bicyclic) bond motifs is 1. The van der Waals surface area contributed by atoms with Gasteiger partial charge in [-0.2, -0.15) is 11.8 Å². The first-order valence-electron chi connectivity index (χ1n) is 2.94. The van der Waals surface area contributed by atoms with Crippen LogP contribution in [0.1, 0.15) is 0 Å². The van der Waals surface area contributed by atoms with Crippen molar-refractivity contribution in [3.63, 3.8) is 0 Å². The van der Waals surface area contributed by atoms with Crippen LogP contribution in [0.2, 0.25) is 0 Å². The van der Waals surface area contributed by atoms with E-state index in [0.29, 0.717) is 12.1 Å². The molecule has 2 atom stereocenters. The smallest absolute Gasteiger partial charge is 0.282 e. The van der Waals surface area contributed by atoms with Crippen molar-refractivity contribution in [2.45, 2.75) is 12.1 Å². The Bertz CT molecular complexity index is 159. The molecule has 0 aliphatic carbocycles. The van der Waals surface area contributed by atoms with Gasteiger partial charge in [-0.25, -0.2) is 4.99 Å². The summed E-state index contributed by atoms with van der Waals surface area (Å²) in [4.78, 5) is 4.10. The van der Waals surface area contributed by atoms with Crippen molar-refractivity contribution in [2.24, 2.45) is 10.7 Å². The zero-order valence-corrected chi connectivity index (χ0v) is 5.73. The first kappa shape index (κ1) is 5.41. The van der Waals surface area contributed by atoms with Crippen LogP contribution in [0.3, 0.4) is 0 Å². The van der Waals surface area contributed by atoms with Crippen LogP contribution < -0.4 is 5.73 Å². The zero-order valence-electron chi connectivity index (χ0n) is 4.91. The van der Waals surface area contributed by atoms with Crippen molar-refractivity contribution in [3.8, 4) is 0 Å². The average Bonchev–Trinajstić information content (AvgIpc) is 2.22. The second-order valence-corrected chi connectivity index (χ2v) is 3.30. The second kappa shape index (κ2) is 1.80. The Morgan fingerprint density at radius 2 is 2.56 bits per heavy atom. The Balaban J connectivity index is 2.13. The maximum Gasteiger partial charge on any atom is 0.282 e. The Morgan fingerprint density at radius 3 is 3.33 bits per heavy atom. The fourth-order valence-corrected chi connectivity index (χ4v) is 2.29. The van der Waals surface area contributed by atoms with Gasteiger partial charge in [-0.1, -0.05) is 0 Å². The first-order chi connectivity index (χ1) is 4.36. The molecule has 1 saturated heterocycles. The normalized spacial score (nSPS) is 39.8. The SMILES string of the molecule is NC1=NC2CSCC2O1. The molecule has 0 aromatic carbocycles. The van der Waals surface area contributed by atoms with Gasteiger partial charge in [0.25, 0.3) is 6.02 Å². The topological polar surface area (TPSA) is 47.6 Å². The largest absolute Gasteiger partial charge is 0.459 e. The third-order valence-corrected chi connectivity index (χ3v) is 2.71. The standard InChI is InChI=1S/C5H8N2OS/c6-5-7-3-1-9-2-4(3)8-5/h3-4H,1-2H2,(H2,6,7). The molecule has 0 radical (unpaired) electrons. The van der Waals surface area contributed by atoms with Crippen LogP contribution in [0, 0.1) is 0 Å². The van der Waals surface area contributed by atoms with Gasteiger partial charge in [0.2, 0.25) is 0 Å². The zero-order chi connectivity index (χ0) is 6.27. The number of hydrogen-bond acceptors (Lipinski definition) is 4. The van der Waals surface area contributed by atoms with Gasteiger partial charge in [0, 0.05) is 11.5 Å². The van der Waals surface area contributed by atoms with Crippen molar-refractivity contribution in [1.29, 1.82) is 0 Å².